The van der Waals surface area contributed by atoms with Crippen molar-refractivity contribution in [3.05, 3.63) is 24.5 Å². The quantitative estimate of drug-likeness (QED) is 0.852. The van der Waals surface area contributed by atoms with E-state index in [1.807, 2.05) is 17.0 Å². The highest BCUT2D eigenvalue weighted by atomic mass is 16.5. The normalized spacial score (nSPS) is 30.3. The molecule has 0 bridgehead atoms. The lowest BCUT2D eigenvalue weighted by Gasteiger charge is -2.32. The molecule has 0 N–H and O–H groups in total. The first kappa shape index (κ1) is 15.9. The average Bonchev–Trinajstić information content (AvgIpc) is 3.24. The number of likely N-dealkylation sites (tertiary alicyclic amines) is 1. The lowest BCUT2D eigenvalue weighted by Crippen LogP contribution is -2.44. The lowest BCUT2D eigenvalue weighted by molar-refractivity contribution is -0.135. The summed E-state index contributed by atoms with van der Waals surface area (Å²) in [5.74, 6) is 1.62. The minimum Gasteiger partial charge on any atom is -0.484 e. The standard InChI is InChI=1S/C19H26N2O3/c22-18(11-14-5-1-2-6-14)21-13-17(19-16(21)8-4-10-23-19)24-15-7-3-9-20-12-15/h3,7,9,12,14,16-17,19H,1-2,4-6,8,10-11,13H2/t16-,17+,19+/m1/s1. The first-order valence-electron chi connectivity index (χ1n) is 9.29. The Balaban J connectivity index is 1.45. The summed E-state index contributed by atoms with van der Waals surface area (Å²) in [5.41, 5.74) is 0. The molecule has 5 nitrogen and oxygen atoms in total. The molecule has 0 radical (unpaired) electrons. The first-order valence-corrected chi connectivity index (χ1v) is 9.29. The van der Waals surface area contributed by atoms with Gasteiger partial charge in [-0.3, -0.25) is 9.78 Å². The number of carbonyl (C=O) groups excluding carboxylic acids is 1. The minimum absolute atomic E-state index is 0.00789. The Labute approximate surface area is 143 Å². The molecule has 24 heavy (non-hydrogen) atoms. The molecule has 0 aromatic carbocycles. The van der Waals surface area contributed by atoms with Gasteiger partial charge < -0.3 is 14.4 Å². The Kier molecular flexibility index (Phi) is 4.69. The number of hydrogen-bond donors (Lipinski definition) is 0. The molecule has 3 atom stereocenters. The van der Waals surface area contributed by atoms with Crippen LogP contribution in [0.4, 0.5) is 0 Å². The van der Waals surface area contributed by atoms with Crippen LogP contribution < -0.4 is 4.74 Å². The molecule has 5 heteroatoms. The van der Waals surface area contributed by atoms with Crippen molar-refractivity contribution >= 4 is 5.91 Å². The summed E-state index contributed by atoms with van der Waals surface area (Å²) in [4.78, 5) is 19.0. The van der Waals surface area contributed by atoms with Crippen LogP contribution in [0.1, 0.15) is 44.9 Å². The lowest BCUT2D eigenvalue weighted by atomic mass is 10.0. The van der Waals surface area contributed by atoms with Gasteiger partial charge >= 0.3 is 0 Å². The minimum atomic E-state index is -0.0907. The summed E-state index contributed by atoms with van der Waals surface area (Å²) < 4.78 is 12.1. The molecule has 130 valence electrons. The van der Waals surface area contributed by atoms with E-state index in [4.69, 9.17) is 9.47 Å². The fraction of sp³-hybridized carbons (Fsp3) is 0.684. The van der Waals surface area contributed by atoms with E-state index in [0.717, 1.165) is 25.2 Å². The monoisotopic (exact) mass is 330 g/mol. The predicted molar refractivity (Wildman–Crippen MR) is 89.7 cm³/mol. The van der Waals surface area contributed by atoms with Gasteiger partial charge in [-0.15, -0.1) is 0 Å². The molecule has 3 aliphatic rings. The number of rotatable bonds is 4. The summed E-state index contributed by atoms with van der Waals surface area (Å²) >= 11 is 0. The fourth-order valence-electron chi connectivity index (χ4n) is 4.47. The highest BCUT2D eigenvalue weighted by Gasteiger charge is 2.47. The van der Waals surface area contributed by atoms with Gasteiger partial charge in [-0.05, 0) is 43.7 Å². The fourth-order valence-corrected chi connectivity index (χ4v) is 4.47. The van der Waals surface area contributed by atoms with Crippen LogP contribution >= 0.6 is 0 Å². The van der Waals surface area contributed by atoms with Gasteiger partial charge in [-0.25, -0.2) is 0 Å². The molecule has 2 saturated heterocycles. The number of aromatic nitrogens is 1. The van der Waals surface area contributed by atoms with Crippen molar-refractivity contribution in [2.75, 3.05) is 13.2 Å². The van der Waals surface area contributed by atoms with Crippen LogP contribution in [0.2, 0.25) is 0 Å². The second-order valence-electron chi connectivity index (χ2n) is 7.29. The Morgan fingerprint density at radius 2 is 2.17 bits per heavy atom. The van der Waals surface area contributed by atoms with E-state index in [0.29, 0.717) is 24.8 Å². The number of hydrogen-bond acceptors (Lipinski definition) is 4. The second kappa shape index (κ2) is 7.09. The van der Waals surface area contributed by atoms with Crippen LogP contribution in [0.25, 0.3) is 0 Å². The molecule has 3 heterocycles. The summed E-state index contributed by atoms with van der Waals surface area (Å²) in [7, 11) is 0. The largest absolute Gasteiger partial charge is 0.484 e. The number of amides is 1. The van der Waals surface area contributed by atoms with Crippen molar-refractivity contribution < 1.29 is 14.3 Å². The molecule has 1 aromatic heterocycles. The van der Waals surface area contributed by atoms with Gasteiger partial charge in [0, 0.05) is 19.2 Å². The van der Waals surface area contributed by atoms with Gasteiger partial charge in [0.05, 0.1) is 18.8 Å². The third-order valence-corrected chi connectivity index (χ3v) is 5.66. The second-order valence-corrected chi connectivity index (χ2v) is 7.29. The van der Waals surface area contributed by atoms with Crippen LogP contribution in [-0.4, -0.2) is 47.2 Å². The molecule has 1 aliphatic carbocycles. The molecule has 3 fully saturated rings. The Morgan fingerprint density at radius 1 is 1.29 bits per heavy atom. The van der Waals surface area contributed by atoms with Crippen LogP contribution in [0, 0.1) is 5.92 Å². The third kappa shape index (κ3) is 3.27. The SMILES string of the molecule is O=C(CC1CCCC1)N1C[C@H](Oc2cccnc2)[C@H]2OCCC[C@H]21. The summed E-state index contributed by atoms with van der Waals surface area (Å²) in [5, 5.41) is 0. The van der Waals surface area contributed by atoms with Crippen molar-refractivity contribution in [1.82, 2.24) is 9.88 Å². The summed E-state index contributed by atoms with van der Waals surface area (Å²) in [6, 6.07) is 3.95. The zero-order valence-electron chi connectivity index (χ0n) is 14.1. The van der Waals surface area contributed by atoms with Gasteiger partial charge in [0.1, 0.15) is 18.0 Å². The average molecular weight is 330 g/mol. The zero-order chi connectivity index (χ0) is 16.4. The van der Waals surface area contributed by atoms with Crippen molar-refractivity contribution in [2.45, 2.75) is 63.2 Å². The number of ether oxygens (including phenoxy) is 2. The van der Waals surface area contributed by atoms with Crippen molar-refractivity contribution in [3.8, 4) is 5.75 Å². The maximum Gasteiger partial charge on any atom is 0.223 e. The molecule has 1 aromatic rings. The molecule has 0 spiro atoms. The van der Waals surface area contributed by atoms with Crippen LogP contribution in [-0.2, 0) is 9.53 Å². The van der Waals surface area contributed by atoms with E-state index in [2.05, 4.69) is 4.98 Å². The molecule has 1 saturated carbocycles. The molecule has 0 unspecified atom stereocenters. The van der Waals surface area contributed by atoms with Crippen LogP contribution in [0.5, 0.6) is 5.75 Å². The first-order chi connectivity index (χ1) is 11.8. The molecule has 2 aliphatic heterocycles. The molecule has 4 rings (SSSR count). The highest BCUT2D eigenvalue weighted by Crippen LogP contribution is 2.34. The van der Waals surface area contributed by atoms with E-state index in [1.54, 1.807) is 12.4 Å². The maximum absolute atomic E-state index is 12.9. The number of fused-ring (bicyclic) bond motifs is 1. The Bertz CT molecular complexity index is 559. The van der Waals surface area contributed by atoms with E-state index in [1.165, 1.54) is 25.7 Å². The van der Waals surface area contributed by atoms with Crippen molar-refractivity contribution in [2.24, 2.45) is 5.92 Å². The van der Waals surface area contributed by atoms with Crippen molar-refractivity contribution in [1.29, 1.82) is 0 Å². The van der Waals surface area contributed by atoms with Gasteiger partial charge in [0.15, 0.2) is 0 Å². The smallest absolute Gasteiger partial charge is 0.223 e. The number of pyridine rings is 1. The van der Waals surface area contributed by atoms with Gasteiger partial charge in [0.2, 0.25) is 5.91 Å². The summed E-state index contributed by atoms with van der Waals surface area (Å²) in [6.45, 7) is 1.40. The Morgan fingerprint density at radius 3 is 2.96 bits per heavy atom. The van der Waals surface area contributed by atoms with E-state index < -0.39 is 0 Å². The van der Waals surface area contributed by atoms with Gasteiger partial charge in [-0.1, -0.05) is 12.8 Å². The zero-order valence-corrected chi connectivity index (χ0v) is 14.1. The van der Waals surface area contributed by atoms with Crippen molar-refractivity contribution in [3.63, 3.8) is 0 Å². The predicted octanol–water partition coefficient (Wildman–Crippen LogP) is 2.80. The molecule has 1 amide bonds. The van der Waals surface area contributed by atoms with E-state index in [9.17, 15) is 4.79 Å². The maximum atomic E-state index is 12.9. The van der Waals surface area contributed by atoms with Gasteiger partial charge in [-0.2, -0.15) is 0 Å². The number of nitrogens with zero attached hydrogens (tertiary/aromatic N) is 2. The topological polar surface area (TPSA) is 51.7 Å². The van der Waals surface area contributed by atoms with E-state index in [-0.39, 0.29) is 18.2 Å². The molecular weight excluding hydrogens is 304 g/mol. The van der Waals surface area contributed by atoms with Crippen LogP contribution in [0.15, 0.2) is 24.5 Å². The highest BCUT2D eigenvalue weighted by molar-refractivity contribution is 5.77. The Hall–Kier alpha value is -1.62. The summed E-state index contributed by atoms with van der Waals surface area (Å²) in [6.07, 6.45) is 11.1. The third-order valence-electron chi connectivity index (χ3n) is 5.66. The van der Waals surface area contributed by atoms with E-state index >= 15 is 0 Å². The number of carbonyl (C=O) groups is 1. The van der Waals surface area contributed by atoms with Crippen LogP contribution in [0.3, 0.4) is 0 Å². The molecular formula is C19H26N2O3. The van der Waals surface area contributed by atoms with Gasteiger partial charge in [0.25, 0.3) is 0 Å².